The van der Waals surface area contributed by atoms with Crippen molar-refractivity contribution < 1.29 is 14.7 Å². The molecule has 0 bridgehead atoms. The lowest BCUT2D eigenvalue weighted by Gasteiger charge is -2.39. The summed E-state index contributed by atoms with van der Waals surface area (Å²) < 4.78 is 0. The van der Waals surface area contributed by atoms with Gasteiger partial charge in [0.15, 0.2) is 0 Å². The van der Waals surface area contributed by atoms with Crippen LogP contribution in [0.25, 0.3) is 0 Å². The van der Waals surface area contributed by atoms with Crippen LogP contribution in [-0.4, -0.2) is 52.6 Å². The summed E-state index contributed by atoms with van der Waals surface area (Å²) in [6, 6.07) is -0.0230. The van der Waals surface area contributed by atoms with Gasteiger partial charge in [-0.25, -0.2) is 4.79 Å². The van der Waals surface area contributed by atoms with E-state index < -0.39 is 11.5 Å². The Morgan fingerprint density at radius 1 is 1.35 bits per heavy atom. The quantitative estimate of drug-likeness (QED) is 0.791. The molecule has 1 rings (SSSR count). The van der Waals surface area contributed by atoms with Crippen LogP contribution < -0.4 is 5.32 Å². The van der Waals surface area contributed by atoms with Crippen molar-refractivity contribution in [3.8, 4) is 0 Å². The van der Waals surface area contributed by atoms with Gasteiger partial charge in [-0.1, -0.05) is 19.3 Å². The minimum absolute atomic E-state index is 0.0173. The van der Waals surface area contributed by atoms with Gasteiger partial charge in [0.25, 0.3) is 0 Å². The molecule has 1 aliphatic carbocycles. The maximum Gasteiger partial charge on any atom is 0.317 e. The van der Waals surface area contributed by atoms with Crippen molar-refractivity contribution in [2.75, 3.05) is 19.1 Å². The number of nitrogens with one attached hydrogen (secondary N) is 1. The van der Waals surface area contributed by atoms with Crippen LogP contribution in [0.4, 0.5) is 4.79 Å². The van der Waals surface area contributed by atoms with Gasteiger partial charge in [0.1, 0.15) is 0 Å². The van der Waals surface area contributed by atoms with E-state index in [9.17, 15) is 9.59 Å². The molecule has 0 aromatic rings. The second-order valence-electron chi connectivity index (χ2n) is 5.76. The Morgan fingerprint density at radius 2 is 1.95 bits per heavy atom. The predicted molar refractivity (Wildman–Crippen MR) is 82.2 cm³/mol. The molecule has 0 heterocycles. The fraction of sp³-hybridized carbons (Fsp3) is 0.857. The highest BCUT2D eigenvalue weighted by molar-refractivity contribution is 7.98. The first-order valence-corrected chi connectivity index (χ1v) is 8.55. The summed E-state index contributed by atoms with van der Waals surface area (Å²) in [5, 5.41) is 12.1. The molecule has 0 aromatic carbocycles. The van der Waals surface area contributed by atoms with Crippen molar-refractivity contribution in [3.63, 3.8) is 0 Å². The molecule has 20 heavy (non-hydrogen) atoms. The topological polar surface area (TPSA) is 69.6 Å². The summed E-state index contributed by atoms with van der Waals surface area (Å²) in [7, 11) is 1.77. The Morgan fingerprint density at radius 3 is 2.45 bits per heavy atom. The van der Waals surface area contributed by atoms with Crippen molar-refractivity contribution in [2.45, 2.75) is 57.0 Å². The Labute approximate surface area is 125 Å². The zero-order valence-corrected chi connectivity index (χ0v) is 13.5. The van der Waals surface area contributed by atoms with E-state index in [2.05, 4.69) is 5.32 Å². The number of hydrogen-bond acceptors (Lipinski definition) is 3. The molecule has 2 N–H and O–H groups in total. The number of nitrogens with zero attached hydrogens (tertiary/aromatic N) is 1. The first-order valence-electron chi connectivity index (χ1n) is 7.16. The minimum atomic E-state index is -0.841. The summed E-state index contributed by atoms with van der Waals surface area (Å²) in [6.45, 7) is 2.00. The number of carboxylic acid groups (broad SMARTS) is 1. The molecule has 2 amide bonds. The van der Waals surface area contributed by atoms with Crippen molar-refractivity contribution >= 4 is 23.8 Å². The van der Waals surface area contributed by atoms with E-state index in [1.807, 2.05) is 13.2 Å². The Hall–Kier alpha value is -0.910. The Balaban J connectivity index is 2.69. The third-order valence-corrected chi connectivity index (χ3v) is 4.88. The molecule has 1 unspecified atom stereocenters. The second-order valence-corrected chi connectivity index (χ2v) is 6.67. The van der Waals surface area contributed by atoms with Crippen LogP contribution in [0.3, 0.4) is 0 Å². The molecule has 0 saturated heterocycles. The molecule has 0 aliphatic heterocycles. The molecule has 116 valence electrons. The fourth-order valence-corrected chi connectivity index (χ4v) is 3.44. The normalized spacial score (nSPS) is 19.1. The van der Waals surface area contributed by atoms with Crippen molar-refractivity contribution in [1.82, 2.24) is 10.2 Å². The van der Waals surface area contributed by atoms with Gasteiger partial charge in [0.05, 0.1) is 12.0 Å². The van der Waals surface area contributed by atoms with E-state index in [0.717, 1.165) is 37.9 Å². The van der Waals surface area contributed by atoms with Crippen LogP contribution in [0.15, 0.2) is 0 Å². The molecule has 1 atom stereocenters. The van der Waals surface area contributed by atoms with Crippen molar-refractivity contribution in [2.24, 2.45) is 0 Å². The maximum atomic E-state index is 12.3. The SMILES string of the molecule is CSCC(C)N(C)C(=O)NC1(CC(=O)O)CCCCC1. The maximum absolute atomic E-state index is 12.3. The summed E-state index contributed by atoms with van der Waals surface area (Å²) in [5.41, 5.74) is -0.561. The monoisotopic (exact) mass is 302 g/mol. The van der Waals surface area contributed by atoms with Crippen LogP contribution in [0.2, 0.25) is 0 Å². The van der Waals surface area contributed by atoms with Crippen LogP contribution in [0.1, 0.15) is 45.4 Å². The Kier molecular flexibility index (Phi) is 6.65. The fourth-order valence-electron chi connectivity index (χ4n) is 2.73. The van der Waals surface area contributed by atoms with Crippen molar-refractivity contribution in [1.29, 1.82) is 0 Å². The average molecular weight is 302 g/mol. The summed E-state index contributed by atoms with van der Waals surface area (Å²) >= 11 is 1.70. The number of urea groups is 1. The molecule has 1 saturated carbocycles. The molecular formula is C14H26N2O3S. The molecule has 5 nitrogen and oxygen atoms in total. The van der Waals surface area contributed by atoms with E-state index in [0.29, 0.717) is 0 Å². The highest BCUT2D eigenvalue weighted by Crippen LogP contribution is 2.31. The molecule has 0 spiro atoms. The van der Waals surface area contributed by atoms with Gasteiger partial charge in [0.2, 0.25) is 0 Å². The number of hydrogen-bond donors (Lipinski definition) is 2. The van der Waals surface area contributed by atoms with E-state index in [1.54, 1.807) is 23.7 Å². The van der Waals surface area contributed by atoms with Crippen LogP contribution in [0.5, 0.6) is 0 Å². The van der Waals surface area contributed by atoms with E-state index in [4.69, 9.17) is 5.11 Å². The number of rotatable bonds is 6. The zero-order chi connectivity index (χ0) is 15.2. The lowest BCUT2D eigenvalue weighted by Crippen LogP contribution is -2.56. The third-order valence-electron chi connectivity index (χ3n) is 4.06. The highest BCUT2D eigenvalue weighted by atomic mass is 32.2. The summed E-state index contributed by atoms with van der Waals surface area (Å²) in [4.78, 5) is 25.1. The second kappa shape index (κ2) is 7.76. The smallest absolute Gasteiger partial charge is 0.317 e. The summed E-state index contributed by atoms with van der Waals surface area (Å²) in [6.07, 6.45) is 6.63. The average Bonchev–Trinajstić information content (AvgIpc) is 2.37. The molecule has 6 heteroatoms. The number of aliphatic carboxylic acids is 1. The molecule has 1 aliphatic rings. The van der Waals surface area contributed by atoms with E-state index in [-0.39, 0.29) is 18.5 Å². The third kappa shape index (κ3) is 4.89. The van der Waals surface area contributed by atoms with Crippen LogP contribution in [-0.2, 0) is 4.79 Å². The van der Waals surface area contributed by atoms with Gasteiger partial charge in [-0.3, -0.25) is 4.79 Å². The van der Waals surface area contributed by atoms with E-state index in [1.165, 1.54) is 0 Å². The van der Waals surface area contributed by atoms with E-state index >= 15 is 0 Å². The van der Waals surface area contributed by atoms with Crippen LogP contribution >= 0.6 is 11.8 Å². The zero-order valence-electron chi connectivity index (χ0n) is 12.6. The first-order chi connectivity index (χ1) is 9.40. The number of amides is 2. The summed E-state index contributed by atoms with van der Waals surface area (Å²) in [5.74, 6) is 0.0302. The first kappa shape index (κ1) is 17.1. The van der Waals surface area contributed by atoms with Gasteiger partial charge in [-0.05, 0) is 26.0 Å². The van der Waals surface area contributed by atoms with Gasteiger partial charge in [-0.15, -0.1) is 0 Å². The lowest BCUT2D eigenvalue weighted by atomic mass is 9.79. The largest absolute Gasteiger partial charge is 0.481 e. The number of carbonyl (C=O) groups excluding carboxylic acids is 1. The Bertz CT molecular complexity index is 343. The van der Waals surface area contributed by atoms with Gasteiger partial charge in [-0.2, -0.15) is 11.8 Å². The van der Waals surface area contributed by atoms with Gasteiger partial charge >= 0.3 is 12.0 Å². The highest BCUT2D eigenvalue weighted by Gasteiger charge is 2.36. The standard InChI is InChI=1S/C14H26N2O3S/c1-11(10-20-3)16(2)13(19)15-14(9-12(17)18)7-5-4-6-8-14/h11H,4-10H2,1-3H3,(H,15,19)(H,17,18). The molecule has 0 aromatic heterocycles. The van der Waals surface area contributed by atoms with Gasteiger partial charge < -0.3 is 15.3 Å². The molecular weight excluding hydrogens is 276 g/mol. The number of carboxylic acids is 1. The molecule has 0 radical (unpaired) electrons. The van der Waals surface area contributed by atoms with Gasteiger partial charge in [0, 0.05) is 18.8 Å². The lowest BCUT2D eigenvalue weighted by molar-refractivity contribution is -0.139. The number of carbonyl (C=O) groups is 2. The molecule has 1 fully saturated rings. The van der Waals surface area contributed by atoms with Crippen LogP contribution in [0, 0.1) is 0 Å². The predicted octanol–water partition coefficient (Wildman–Crippen LogP) is 2.56. The number of thioether (sulfide) groups is 1. The van der Waals surface area contributed by atoms with Crippen molar-refractivity contribution in [3.05, 3.63) is 0 Å². The minimum Gasteiger partial charge on any atom is -0.481 e.